The zero-order chi connectivity index (χ0) is 18.4. The number of carbonyl (C=O) groups is 1. The van der Waals surface area contributed by atoms with Crippen molar-refractivity contribution < 1.29 is 17.9 Å². The number of hydrogen-bond acceptors (Lipinski definition) is 4. The molecule has 0 aliphatic carbocycles. The Morgan fingerprint density at radius 1 is 1.08 bits per heavy atom. The molecule has 0 radical (unpaired) electrons. The highest BCUT2D eigenvalue weighted by molar-refractivity contribution is 7.92. The third-order valence-corrected chi connectivity index (χ3v) is 4.92. The van der Waals surface area contributed by atoms with Gasteiger partial charge in [0.1, 0.15) is 0 Å². The summed E-state index contributed by atoms with van der Waals surface area (Å²) in [6.07, 6.45) is 0. The monoisotopic (exact) mass is 362 g/mol. The Labute approximate surface area is 148 Å². The molecule has 1 amide bonds. The van der Waals surface area contributed by atoms with E-state index in [1.165, 1.54) is 0 Å². The van der Waals surface area contributed by atoms with E-state index in [2.05, 4.69) is 10.0 Å². The fourth-order valence-corrected chi connectivity index (χ4v) is 3.28. The van der Waals surface area contributed by atoms with Gasteiger partial charge in [-0.15, -0.1) is 0 Å². The minimum Gasteiger partial charge on any atom is -0.383 e. The molecule has 2 aromatic carbocycles. The predicted octanol–water partition coefficient (Wildman–Crippen LogP) is 2.56. The Morgan fingerprint density at radius 3 is 2.24 bits per heavy atom. The van der Waals surface area contributed by atoms with Gasteiger partial charge >= 0.3 is 0 Å². The largest absolute Gasteiger partial charge is 0.383 e. The first-order chi connectivity index (χ1) is 11.8. The number of rotatable bonds is 7. The Balaban J connectivity index is 2.07. The molecule has 7 heteroatoms. The molecule has 1 atom stereocenters. The van der Waals surface area contributed by atoms with Crippen LogP contribution in [0.15, 0.2) is 53.4 Å². The van der Waals surface area contributed by atoms with Crippen LogP contribution in [0.5, 0.6) is 0 Å². The van der Waals surface area contributed by atoms with E-state index in [0.29, 0.717) is 17.9 Å². The van der Waals surface area contributed by atoms with E-state index < -0.39 is 10.0 Å². The molecular formula is C18H22N2O4S. The molecular weight excluding hydrogens is 340 g/mol. The Hall–Kier alpha value is -2.38. The average Bonchev–Trinajstić information content (AvgIpc) is 2.55. The van der Waals surface area contributed by atoms with Crippen LogP contribution in [0.4, 0.5) is 5.69 Å². The van der Waals surface area contributed by atoms with Crippen LogP contribution in [0.3, 0.4) is 0 Å². The van der Waals surface area contributed by atoms with Gasteiger partial charge in [-0.25, -0.2) is 8.42 Å². The number of sulfonamides is 1. The number of methoxy groups -OCH3 is 1. The molecule has 2 aromatic rings. The van der Waals surface area contributed by atoms with Crippen molar-refractivity contribution in [1.29, 1.82) is 0 Å². The van der Waals surface area contributed by atoms with Crippen LogP contribution in [0, 0.1) is 6.92 Å². The van der Waals surface area contributed by atoms with Crippen LogP contribution in [0.2, 0.25) is 0 Å². The van der Waals surface area contributed by atoms with Crippen molar-refractivity contribution in [3.05, 3.63) is 59.7 Å². The van der Waals surface area contributed by atoms with Crippen LogP contribution in [-0.4, -0.2) is 34.1 Å². The van der Waals surface area contributed by atoms with Crippen molar-refractivity contribution >= 4 is 21.6 Å². The second-order valence-electron chi connectivity index (χ2n) is 5.83. The normalized spacial score (nSPS) is 12.4. The third kappa shape index (κ3) is 5.30. The number of nitrogens with one attached hydrogen (secondary N) is 2. The molecule has 2 N–H and O–H groups in total. The van der Waals surface area contributed by atoms with E-state index in [1.807, 2.05) is 13.8 Å². The summed E-state index contributed by atoms with van der Waals surface area (Å²) in [4.78, 5) is 12.3. The molecule has 0 spiro atoms. The van der Waals surface area contributed by atoms with Gasteiger partial charge in [0.05, 0.1) is 11.5 Å². The molecule has 0 heterocycles. The first kappa shape index (κ1) is 19.0. The summed E-state index contributed by atoms with van der Waals surface area (Å²) in [6, 6.07) is 12.7. The van der Waals surface area contributed by atoms with Gasteiger partial charge in [0.25, 0.3) is 15.9 Å². The standard InChI is InChI=1S/C18H22N2O4S/c1-13-4-10-17(11-5-13)25(22,23)20-16-8-6-15(7-9-16)18(21)19-14(2)12-24-3/h4-11,14,20H,12H2,1-3H3,(H,19,21)/t14-/m1/s1. The number of amides is 1. The lowest BCUT2D eigenvalue weighted by Crippen LogP contribution is -2.35. The molecule has 0 bridgehead atoms. The lowest BCUT2D eigenvalue weighted by molar-refractivity contribution is 0.0905. The lowest BCUT2D eigenvalue weighted by atomic mass is 10.2. The highest BCUT2D eigenvalue weighted by Crippen LogP contribution is 2.17. The summed E-state index contributed by atoms with van der Waals surface area (Å²) in [5.74, 6) is -0.238. The number of hydrogen-bond donors (Lipinski definition) is 2. The van der Waals surface area contributed by atoms with Crippen LogP contribution in [-0.2, 0) is 14.8 Å². The first-order valence-corrected chi connectivity index (χ1v) is 9.29. The summed E-state index contributed by atoms with van der Waals surface area (Å²) in [5, 5.41) is 2.79. The van der Waals surface area contributed by atoms with Gasteiger partial charge in [-0.1, -0.05) is 17.7 Å². The maximum absolute atomic E-state index is 12.3. The van der Waals surface area contributed by atoms with E-state index in [9.17, 15) is 13.2 Å². The van der Waals surface area contributed by atoms with Gasteiger partial charge in [-0.05, 0) is 50.2 Å². The van der Waals surface area contributed by atoms with Gasteiger partial charge in [0.15, 0.2) is 0 Å². The fourth-order valence-electron chi connectivity index (χ4n) is 2.22. The van der Waals surface area contributed by atoms with Gasteiger partial charge in [-0.3, -0.25) is 9.52 Å². The van der Waals surface area contributed by atoms with Crippen molar-refractivity contribution in [3.63, 3.8) is 0 Å². The second-order valence-corrected chi connectivity index (χ2v) is 7.51. The van der Waals surface area contributed by atoms with Crippen molar-refractivity contribution in [1.82, 2.24) is 5.32 Å². The van der Waals surface area contributed by atoms with E-state index in [1.54, 1.807) is 55.6 Å². The minimum atomic E-state index is -3.66. The highest BCUT2D eigenvalue weighted by atomic mass is 32.2. The maximum atomic E-state index is 12.3. The number of anilines is 1. The smallest absolute Gasteiger partial charge is 0.261 e. The molecule has 0 aliphatic heterocycles. The van der Waals surface area contributed by atoms with Crippen molar-refractivity contribution in [2.24, 2.45) is 0 Å². The highest BCUT2D eigenvalue weighted by Gasteiger charge is 2.14. The maximum Gasteiger partial charge on any atom is 0.261 e. The molecule has 0 saturated carbocycles. The molecule has 0 aromatic heterocycles. The van der Waals surface area contributed by atoms with E-state index in [0.717, 1.165) is 5.56 Å². The molecule has 2 rings (SSSR count). The number of aryl methyl sites for hydroxylation is 1. The molecule has 0 fully saturated rings. The fraction of sp³-hybridized carbons (Fsp3) is 0.278. The SMILES string of the molecule is COC[C@@H](C)NC(=O)c1ccc(NS(=O)(=O)c2ccc(C)cc2)cc1. The predicted molar refractivity (Wildman–Crippen MR) is 97.2 cm³/mol. The molecule has 0 aliphatic rings. The summed E-state index contributed by atoms with van der Waals surface area (Å²) < 4.78 is 32.2. The number of carbonyl (C=O) groups excluding carboxylic acids is 1. The number of benzene rings is 2. The van der Waals surface area contributed by atoms with Gasteiger partial charge in [0, 0.05) is 24.4 Å². The number of ether oxygens (including phenoxy) is 1. The van der Waals surface area contributed by atoms with Crippen LogP contribution < -0.4 is 10.0 Å². The molecule has 134 valence electrons. The second kappa shape index (κ2) is 8.13. The van der Waals surface area contributed by atoms with E-state index in [4.69, 9.17) is 4.74 Å². The van der Waals surface area contributed by atoms with E-state index >= 15 is 0 Å². The van der Waals surface area contributed by atoms with Crippen molar-refractivity contribution in [2.75, 3.05) is 18.4 Å². The summed E-state index contributed by atoms with van der Waals surface area (Å²) in [6.45, 7) is 4.15. The molecule has 6 nitrogen and oxygen atoms in total. The zero-order valence-corrected chi connectivity index (χ0v) is 15.3. The first-order valence-electron chi connectivity index (χ1n) is 7.81. The van der Waals surface area contributed by atoms with E-state index in [-0.39, 0.29) is 16.8 Å². The molecule has 0 saturated heterocycles. The lowest BCUT2D eigenvalue weighted by Gasteiger charge is -2.13. The van der Waals surface area contributed by atoms with Gasteiger partial charge in [-0.2, -0.15) is 0 Å². The van der Waals surface area contributed by atoms with Crippen LogP contribution >= 0.6 is 0 Å². The van der Waals surface area contributed by atoms with Crippen molar-refractivity contribution in [2.45, 2.75) is 24.8 Å². The molecule has 0 unspecified atom stereocenters. The van der Waals surface area contributed by atoms with Crippen LogP contribution in [0.1, 0.15) is 22.8 Å². The van der Waals surface area contributed by atoms with Gasteiger partial charge in [0.2, 0.25) is 0 Å². The topological polar surface area (TPSA) is 84.5 Å². The zero-order valence-electron chi connectivity index (χ0n) is 14.4. The molecule has 25 heavy (non-hydrogen) atoms. The summed E-state index contributed by atoms with van der Waals surface area (Å²) >= 11 is 0. The quantitative estimate of drug-likeness (QED) is 0.793. The minimum absolute atomic E-state index is 0.114. The summed E-state index contributed by atoms with van der Waals surface area (Å²) in [5.41, 5.74) is 1.82. The Bertz CT molecular complexity index is 815. The Kier molecular flexibility index (Phi) is 6.17. The van der Waals surface area contributed by atoms with Crippen LogP contribution in [0.25, 0.3) is 0 Å². The summed E-state index contributed by atoms with van der Waals surface area (Å²) in [7, 11) is -2.09. The third-order valence-electron chi connectivity index (χ3n) is 3.52. The average molecular weight is 362 g/mol. The van der Waals surface area contributed by atoms with Crippen molar-refractivity contribution in [3.8, 4) is 0 Å². The Morgan fingerprint density at radius 2 is 1.68 bits per heavy atom. The van der Waals surface area contributed by atoms with Gasteiger partial charge < -0.3 is 10.1 Å².